The molecule has 0 unspecified atom stereocenters. The number of rotatable bonds is 4. The molecule has 0 aliphatic heterocycles. The van der Waals surface area contributed by atoms with Crippen LogP contribution in [0.1, 0.15) is 15.9 Å². The third-order valence-corrected chi connectivity index (χ3v) is 3.94. The lowest BCUT2D eigenvalue weighted by atomic mass is 10.2. The largest absolute Gasteiger partial charge is 0.397 e. The Labute approximate surface area is 148 Å². The number of carbonyl (C=O) groups is 1. The van der Waals surface area contributed by atoms with E-state index in [-0.39, 0.29) is 11.3 Å². The predicted molar refractivity (Wildman–Crippen MR) is 94.4 cm³/mol. The van der Waals surface area contributed by atoms with Gasteiger partial charge in [0.1, 0.15) is 0 Å². The molecular formula is C14H10Br2N4O3. The first-order valence-electron chi connectivity index (χ1n) is 6.21. The Morgan fingerprint density at radius 1 is 1.26 bits per heavy atom. The number of non-ortho nitro benzene ring substituents is 1. The van der Waals surface area contributed by atoms with Gasteiger partial charge in [0.15, 0.2) is 0 Å². The highest BCUT2D eigenvalue weighted by Crippen LogP contribution is 2.28. The topological polar surface area (TPSA) is 111 Å². The van der Waals surface area contributed by atoms with Crippen molar-refractivity contribution < 1.29 is 9.72 Å². The highest BCUT2D eigenvalue weighted by molar-refractivity contribution is 9.11. The van der Waals surface area contributed by atoms with Crippen LogP contribution in [0.2, 0.25) is 0 Å². The molecule has 0 aliphatic carbocycles. The van der Waals surface area contributed by atoms with Gasteiger partial charge in [-0.05, 0) is 45.8 Å². The van der Waals surface area contributed by atoms with Crippen molar-refractivity contribution in [3.8, 4) is 0 Å². The van der Waals surface area contributed by atoms with Crippen molar-refractivity contribution in [2.75, 3.05) is 5.73 Å². The van der Waals surface area contributed by atoms with Crippen LogP contribution in [-0.2, 0) is 0 Å². The van der Waals surface area contributed by atoms with E-state index < -0.39 is 10.8 Å². The first kappa shape index (κ1) is 17.1. The van der Waals surface area contributed by atoms with Crippen LogP contribution in [0.15, 0.2) is 50.4 Å². The second-order valence-corrected chi connectivity index (χ2v) is 6.17. The Bertz CT molecular complexity index is 791. The SMILES string of the molecule is Nc1c(Br)cc(Br)cc1C(=O)NN=Cc1ccc([N+](=O)[O-])cc1. The lowest BCUT2D eigenvalue weighted by Crippen LogP contribution is -2.19. The number of hydrazone groups is 1. The van der Waals surface area contributed by atoms with E-state index in [0.29, 0.717) is 20.2 Å². The minimum atomic E-state index is -0.489. The van der Waals surface area contributed by atoms with Crippen LogP contribution in [0.3, 0.4) is 0 Å². The molecule has 23 heavy (non-hydrogen) atoms. The number of hydrogen-bond acceptors (Lipinski definition) is 5. The maximum Gasteiger partial charge on any atom is 0.273 e. The number of anilines is 1. The summed E-state index contributed by atoms with van der Waals surface area (Å²) >= 11 is 6.54. The second-order valence-electron chi connectivity index (χ2n) is 4.40. The quantitative estimate of drug-likeness (QED) is 0.327. The van der Waals surface area contributed by atoms with Gasteiger partial charge in [0.05, 0.1) is 22.4 Å². The first-order valence-corrected chi connectivity index (χ1v) is 7.79. The molecule has 2 aromatic carbocycles. The fourth-order valence-electron chi connectivity index (χ4n) is 1.68. The molecule has 0 atom stereocenters. The van der Waals surface area contributed by atoms with Gasteiger partial charge in [-0.1, -0.05) is 15.9 Å². The van der Waals surface area contributed by atoms with Gasteiger partial charge in [-0.15, -0.1) is 0 Å². The van der Waals surface area contributed by atoms with Crippen LogP contribution in [0.4, 0.5) is 11.4 Å². The number of carbonyl (C=O) groups excluding carboxylic acids is 1. The highest BCUT2D eigenvalue weighted by Gasteiger charge is 2.12. The number of nitrogens with one attached hydrogen (secondary N) is 1. The van der Waals surface area contributed by atoms with E-state index in [2.05, 4.69) is 42.4 Å². The van der Waals surface area contributed by atoms with Crippen molar-refractivity contribution in [2.45, 2.75) is 0 Å². The molecule has 9 heteroatoms. The Morgan fingerprint density at radius 2 is 1.91 bits per heavy atom. The fraction of sp³-hybridized carbons (Fsp3) is 0. The van der Waals surface area contributed by atoms with Gasteiger partial charge in [-0.2, -0.15) is 5.10 Å². The summed E-state index contributed by atoms with van der Waals surface area (Å²) in [7, 11) is 0. The van der Waals surface area contributed by atoms with E-state index in [9.17, 15) is 14.9 Å². The van der Waals surface area contributed by atoms with E-state index in [0.717, 1.165) is 0 Å². The first-order chi connectivity index (χ1) is 10.9. The molecule has 0 heterocycles. The zero-order valence-electron chi connectivity index (χ0n) is 11.5. The highest BCUT2D eigenvalue weighted by atomic mass is 79.9. The van der Waals surface area contributed by atoms with E-state index >= 15 is 0 Å². The van der Waals surface area contributed by atoms with E-state index in [1.54, 1.807) is 12.1 Å². The third-order valence-electron chi connectivity index (χ3n) is 2.82. The van der Waals surface area contributed by atoms with Gasteiger partial charge in [0, 0.05) is 21.1 Å². The zero-order chi connectivity index (χ0) is 17.0. The lowest BCUT2D eigenvalue weighted by molar-refractivity contribution is -0.384. The molecule has 0 saturated heterocycles. The number of nitrogens with zero attached hydrogens (tertiary/aromatic N) is 2. The number of halogens is 2. The van der Waals surface area contributed by atoms with Crippen molar-refractivity contribution in [3.05, 3.63) is 66.6 Å². The number of benzene rings is 2. The van der Waals surface area contributed by atoms with E-state index in [4.69, 9.17) is 5.73 Å². The molecule has 2 aromatic rings. The van der Waals surface area contributed by atoms with Gasteiger partial charge in [0.25, 0.3) is 11.6 Å². The molecule has 0 spiro atoms. The smallest absolute Gasteiger partial charge is 0.273 e. The number of nitro benzene ring substituents is 1. The Hall–Kier alpha value is -2.26. The molecule has 0 saturated carbocycles. The molecule has 0 bridgehead atoms. The van der Waals surface area contributed by atoms with Crippen molar-refractivity contribution in [2.24, 2.45) is 5.10 Å². The van der Waals surface area contributed by atoms with Gasteiger partial charge in [-0.25, -0.2) is 5.43 Å². The van der Waals surface area contributed by atoms with Crippen molar-refractivity contribution in [1.82, 2.24) is 5.43 Å². The minimum Gasteiger partial charge on any atom is -0.397 e. The maximum absolute atomic E-state index is 12.1. The Balaban J connectivity index is 2.08. The van der Waals surface area contributed by atoms with Crippen LogP contribution in [0, 0.1) is 10.1 Å². The lowest BCUT2D eigenvalue weighted by Gasteiger charge is -2.07. The monoisotopic (exact) mass is 440 g/mol. The molecule has 1 amide bonds. The number of nitro groups is 1. The average molecular weight is 442 g/mol. The fourth-order valence-corrected chi connectivity index (χ4v) is 2.91. The standard InChI is InChI=1S/C14H10Br2N4O3/c15-9-5-11(13(17)12(16)6-9)14(21)19-18-7-8-1-3-10(4-2-8)20(22)23/h1-7H,17H2,(H,19,21). The van der Waals surface area contributed by atoms with E-state index in [1.165, 1.54) is 30.5 Å². The number of hydrogen-bond donors (Lipinski definition) is 2. The van der Waals surface area contributed by atoms with Gasteiger partial charge < -0.3 is 5.73 Å². The molecule has 3 N–H and O–H groups in total. The summed E-state index contributed by atoms with van der Waals surface area (Å²) in [5.74, 6) is -0.470. The molecule has 2 rings (SSSR count). The predicted octanol–water partition coefficient (Wildman–Crippen LogP) is 3.47. The summed E-state index contributed by atoms with van der Waals surface area (Å²) in [6.07, 6.45) is 1.38. The van der Waals surface area contributed by atoms with E-state index in [1.807, 2.05) is 0 Å². The Morgan fingerprint density at radius 3 is 2.52 bits per heavy atom. The van der Waals surface area contributed by atoms with Crippen molar-refractivity contribution >= 4 is 55.4 Å². The minimum absolute atomic E-state index is 0.0158. The maximum atomic E-state index is 12.1. The third kappa shape index (κ3) is 4.36. The molecule has 7 nitrogen and oxygen atoms in total. The van der Waals surface area contributed by atoms with Crippen LogP contribution >= 0.6 is 31.9 Å². The molecule has 0 fully saturated rings. The van der Waals surface area contributed by atoms with Crippen molar-refractivity contribution in [1.29, 1.82) is 0 Å². The van der Waals surface area contributed by atoms with Gasteiger partial charge in [-0.3, -0.25) is 14.9 Å². The summed E-state index contributed by atoms with van der Waals surface area (Å²) in [4.78, 5) is 22.1. The summed E-state index contributed by atoms with van der Waals surface area (Å²) in [6.45, 7) is 0. The second kappa shape index (κ2) is 7.34. The summed E-state index contributed by atoms with van der Waals surface area (Å²) in [6, 6.07) is 9.07. The zero-order valence-corrected chi connectivity index (χ0v) is 14.7. The number of amides is 1. The van der Waals surface area contributed by atoms with Crippen LogP contribution in [0.25, 0.3) is 0 Å². The molecule has 118 valence electrons. The van der Waals surface area contributed by atoms with Crippen molar-refractivity contribution in [3.63, 3.8) is 0 Å². The summed E-state index contributed by atoms with van der Waals surface area (Å²) in [5.41, 5.74) is 9.36. The normalized spacial score (nSPS) is 10.7. The van der Waals surface area contributed by atoms with Crippen LogP contribution < -0.4 is 11.2 Å². The van der Waals surface area contributed by atoms with Gasteiger partial charge >= 0.3 is 0 Å². The molecule has 0 aromatic heterocycles. The Kier molecular flexibility index (Phi) is 5.45. The van der Waals surface area contributed by atoms with Crippen LogP contribution in [0.5, 0.6) is 0 Å². The molecular weight excluding hydrogens is 432 g/mol. The number of nitrogen functional groups attached to an aromatic ring is 1. The molecule has 0 aliphatic rings. The summed E-state index contributed by atoms with van der Waals surface area (Å²) < 4.78 is 1.29. The van der Waals surface area contributed by atoms with Crippen LogP contribution in [-0.4, -0.2) is 17.0 Å². The average Bonchev–Trinajstić information content (AvgIpc) is 2.51. The summed E-state index contributed by atoms with van der Waals surface area (Å²) in [5, 5.41) is 14.4. The van der Waals surface area contributed by atoms with Gasteiger partial charge in [0.2, 0.25) is 0 Å². The number of nitrogens with two attached hydrogens (primary N) is 1. The molecule has 0 radical (unpaired) electrons.